The van der Waals surface area contributed by atoms with Crippen molar-refractivity contribution in [1.82, 2.24) is 50.3 Å². The summed E-state index contributed by atoms with van der Waals surface area (Å²) < 4.78 is 9.47. The number of carbonyl (C=O) groups excluding carboxylic acids is 4. The van der Waals surface area contributed by atoms with E-state index in [1.807, 2.05) is 27.7 Å². The zero-order valence-electron chi connectivity index (χ0n) is 28.8. The van der Waals surface area contributed by atoms with E-state index in [0.717, 1.165) is 56.7 Å². The minimum absolute atomic E-state index is 0.120. The number of ether oxygens (including phenoxy) is 2. The molecule has 4 aromatic heterocycles. The smallest absolute Gasteiger partial charge is 0.407 e. The van der Waals surface area contributed by atoms with Gasteiger partial charge in [0.25, 0.3) is 0 Å². The number of nitrogens with zero attached hydrogens (tertiary/aromatic N) is 6. The van der Waals surface area contributed by atoms with Gasteiger partial charge in [0.15, 0.2) is 9.66 Å². The molecule has 6 rings (SSSR count). The van der Waals surface area contributed by atoms with Gasteiger partial charge in [0.1, 0.15) is 33.7 Å². The number of hydrogen-bond donors (Lipinski definition) is 4. The number of imidazole rings is 2. The van der Waals surface area contributed by atoms with Crippen LogP contribution in [0.4, 0.5) is 9.59 Å². The van der Waals surface area contributed by atoms with Gasteiger partial charge in [-0.3, -0.25) is 9.59 Å². The lowest BCUT2D eigenvalue weighted by atomic mass is 10.0. The van der Waals surface area contributed by atoms with Gasteiger partial charge in [-0.05, 0) is 37.5 Å². The third kappa shape index (κ3) is 7.03. The first-order valence-corrected chi connectivity index (χ1v) is 18.3. The van der Waals surface area contributed by atoms with Crippen molar-refractivity contribution in [1.29, 1.82) is 0 Å². The molecule has 6 heterocycles. The summed E-state index contributed by atoms with van der Waals surface area (Å²) in [7, 11) is 2.56. The molecule has 18 heteroatoms. The molecule has 4 N–H and O–H groups in total. The van der Waals surface area contributed by atoms with Gasteiger partial charge >= 0.3 is 12.2 Å². The van der Waals surface area contributed by atoms with Crippen molar-refractivity contribution in [3.8, 4) is 21.4 Å². The quantitative estimate of drug-likeness (QED) is 0.179. The largest absolute Gasteiger partial charge is 0.453 e. The van der Waals surface area contributed by atoms with Crippen molar-refractivity contribution < 1.29 is 28.7 Å². The summed E-state index contributed by atoms with van der Waals surface area (Å²) >= 11 is 2.88. The molecular formula is C32H42N10O6S2. The number of nitrogens with one attached hydrogen (secondary N) is 4. The van der Waals surface area contributed by atoms with Crippen LogP contribution >= 0.6 is 22.7 Å². The van der Waals surface area contributed by atoms with Crippen LogP contribution in [0.2, 0.25) is 0 Å². The molecule has 4 atom stereocenters. The van der Waals surface area contributed by atoms with Crippen LogP contribution in [0.5, 0.6) is 0 Å². The van der Waals surface area contributed by atoms with Crippen molar-refractivity contribution in [3.05, 3.63) is 24.0 Å². The predicted molar refractivity (Wildman–Crippen MR) is 186 cm³/mol. The zero-order valence-corrected chi connectivity index (χ0v) is 30.4. The second-order valence-corrected chi connectivity index (χ2v) is 15.1. The Balaban J connectivity index is 1.15. The summed E-state index contributed by atoms with van der Waals surface area (Å²) in [4.78, 5) is 81.6. The SMILES string of the molecule is COC(=O)N[C@H](C(=O)N1CCCC1c1ncc(-c2nc3sc(-c4cnc([C@@H]5CCCN5C(=O)[C@@H](NC(=O)OC)C(C)C)[nH]4)nc3s2)[nH]1)C(C)C. The van der Waals surface area contributed by atoms with E-state index >= 15 is 0 Å². The number of aromatic amines is 2. The van der Waals surface area contributed by atoms with Crippen LogP contribution in [-0.2, 0) is 19.1 Å². The standard InChI is InChI=1S/C32H42N10O6S2/c1-15(2)21(37-31(45)47-5)29(43)41-11-7-9-19(41)23-33-13-17(35-23)25-39-27-28(49-25)40-26(50-27)18-14-34-24(36-18)20-10-8-12-42(20)30(44)22(16(3)4)38-32(46)48-6/h13-16,19-22H,7-12H2,1-6H3,(H,33,35)(H,34,36)(H,37,45)(H,38,46)/t19-,20?,21-,22-/m0/s1. The molecular weight excluding hydrogens is 685 g/mol. The first-order chi connectivity index (χ1) is 24.0. The Morgan fingerprint density at radius 1 is 0.740 bits per heavy atom. The average molecular weight is 727 g/mol. The predicted octanol–water partition coefficient (Wildman–Crippen LogP) is 4.62. The lowest BCUT2D eigenvalue weighted by Crippen LogP contribution is -2.51. The van der Waals surface area contributed by atoms with Crippen molar-refractivity contribution in [2.24, 2.45) is 11.8 Å². The summed E-state index contributed by atoms with van der Waals surface area (Å²) in [6.45, 7) is 8.68. The van der Waals surface area contributed by atoms with Gasteiger partial charge in [-0.2, -0.15) is 0 Å². The number of carbonyl (C=O) groups is 4. The summed E-state index contributed by atoms with van der Waals surface area (Å²) in [6.07, 6.45) is 5.33. The van der Waals surface area contributed by atoms with Crippen LogP contribution in [0.3, 0.4) is 0 Å². The number of likely N-dealkylation sites (tertiary alicyclic amines) is 2. The fourth-order valence-corrected chi connectivity index (χ4v) is 8.46. The highest BCUT2D eigenvalue weighted by atomic mass is 32.1. The molecule has 2 fully saturated rings. The van der Waals surface area contributed by atoms with Gasteiger partial charge in [-0.1, -0.05) is 50.4 Å². The van der Waals surface area contributed by atoms with Crippen LogP contribution in [0, 0.1) is 11.8 Å². The van der Waals surface area contributed by atoms with E-state index in [2.05, 4.69) is 30.6 Å². The van der Waals surface area contributed by atoms with Crippen LogP contribution in [0.15, 0.2) is 12.4 Å². The number of H-pyrrole nitrogens is 2. The molecule has 0 radical (unpaired) electrons. The number of hydrogen-bond acceptors (Lipinski definition) is 12. The molecule has 1 unspecified atom stereocenters. The second kappa shape index (κ2) is 14.7. The van der Waals surface area contributed by atoms with Gasteiger partial charge in [0.05, 0.1) is 50.1 Å². The fraction of sp³-hybridized carbons (Fsp3) is 0.562. The maximum absolute atomic E-state index is 13.5. The Bertz CT molecular complexity index is 1700. The first-order valence-electron chi connectivity index (χ1n) is 16.7. The van der Waals surface area contributed by atoms with Gasteiger partial charge in [-0.15, -0.1) is 0 Å². The molecule has 50 heavy (non-hydrogen) atoms. The van der Waals surface area contributed by atoms with Gasteiger partial charge in [0, 0.05) is 13.1 Å². The highest BCUT2D eigenvalue weighted by Gasteiger charge is 2.39. The van der Waals surface area contributed by atoms with Crippen molar-refractivity contribution in [2.75, 3.05) is 27.3 Å². The zero-order chi connectivity index (χ0) is 35.7. The molecule has 0 bridgehead atoms. The molecule has 16 nitrogen and oxygen atoms in total. The summed E-state index contributed by atoms with van der Waals surface area (Å²) in [5.41, 5.74) is 1.47. The maximum atomic E-state index is 13.5. The lowest BCUT2D eigenvalue weighted by molar-refractivity contribution is -0.136. The molecule has 0 aliphatic carbocycles. The van der Waals surface area contributed by atoms with Gasteiger partial charge in [0.2, 0.25) is 11.8 Å². The third-order valence-electron chi connectivity index (χ3n) is 9.11. The highest BCUT2D eigenvalue weighted by Crippen LogP contribution is 2.38. The highest BCUT2D eigenvalue weighted by molar-refractivity contribution is 7.29. The Morgan fingerprint density at radius 3 is 1.50 bits per heavy atom. The summed E-state index contributed by atoms with van der Waals surface area (Å²) in [5, 5.41) is 6.82. The van der Waals surface area contributed by atoms with Gasteiger partial charge < -0.3 is 39.9 Å². The Labute approximate surface area is 296 Å². The molecule has 2 aliphatic rings. The van der Waals surface area contributed by atoms with Crippen molar-refractivity contribution in [2.45, 2.75) is 77.5 Å². The number of aromatic nitrogens is 6. The molecule has 2 aliphatic heterocycles. The van der Waals surface area contributed by atoms with E-state index < -0.39 is 24.3 Å². The molecule has 4 amide bonds. The van der Waals surface area contributed by atoms with Crippen LogP contribution < -0.4 is 10.6 Å². The first kappa shape index (κ1) is 35.3. The average Bonchev–Trinajstić information content (AvgIpc) is 3.93. The molecule has 0 aromatic carbocycles. The van der Waals surface area contributed by atoms with E-state index in [0.29, 0.717) is 24.7 Å². The van der Waals surface area contributed by atoms with Crippen molar-refractivity contribution >= 4 is 56.3 Å². The number of rotatable bonds is 10. The third-order valence-corrected chi connectivity index (χ3v) is 11.2. The second-order valence-electron chi connectivity index (χ2n) is 13.1. The van der Waals surface area contributed by atoms with Crippen LogP contribution in [0.1, 0.15) is 77.1 Å². The van der Waals surface area contributed by atoms with Crippen LogP contribution in [0.25, 0.3) is 31.1 Å². The summed E-state index contributed by atoms with van der Waals surface area (Å²) in [5.74, 6) is 0.770. The number of methoxy groups -OCH3 is 2. The van der Waals surface area contributed by atoms with E-state index in [4.69, 9.17) is 19.4 Å². The number of thiazole rings is 2. The number of amides is 4. The van der Waals surface area contributed by atoms with Crippen LogP contribution in [-0.4, -0.2) is 103 Å². The van der Waals surface area contributed by atoms with Gasteiger partial charge in [-0.25, -0.2) is 29.5 Å². The topological polar surface area (TPSA) is 200 Å². The van der Waals surface area contributed by atoms with E-state index in [9.17, 15) is 19.2 Å². The molecule has 0 saturated carbocycles. The Morgan fingerprint density at radius 2 is 1.14 bits per heavy atom. The minimum atomic E-state index is -0.707. The van der Waals surface area contributed by atoms with E-state index in [-0.39, 0.29) is 35.7 Å². The van der Waals surface area contributed by atoms with E-state index in [1.54, 1.807) is 22.2 Å². The monoisotopic (exact) mass is 726 g/mol. The molecule has 0 spiro atoms. The fourth-order valence-electron chi connectivity index (χ4n) is 6.49. The molecule has 4 aromatic rings. The number of fused-ring (bicyclic) bond motifs is 1. The lowest BCUT2D eigenvalue weighted by Gasteiger charge is -2.29. The van der Waals surface area contributed by atoms with Crippen molar-refractivity contribution in [3.63, 3.8) is 0 Å². The summed E-state index contributed by atoms with van der Waals surface area (Å²) in [6, 6.07) is -1.91. The Kier molecular flexibility index (Phi) is 10.4. The Hall–Kier alpha value is -4.58. The van der Waals surface area contributed by atoms with E-state index in [1.165, 1.54) is 36.9 Å². The molecule has 2 saturated heterocycles. The number of alkyl carbamates (subject to hydrolysis) is 2. The normalized spacial score (nSPS) is 19.0. The molecule has 268 valence electrons. The maximum Gasteiger partial charge on any atom is 0.407 e. The minimum Gasteiger partial charge on any atom is -0.453 e.